The lowest BCUT2D eigenvalue weighted by atomic mass is 10.4. The summed E-state index contributed by atoms with van der Waals surface area (Å²) in [5, 5.41) is 19.6. The van der Waals surface area contributed by atoms with E-state index in [1.165, 1.54) is 0 Å². The highest BCUT2D eigenvalue weighted by Gasteiger charge is 2.08. The number of rotatable bonds is 5. The van der Waals surface area contributed by atoms with Crippen molar-refractivity contribution in [1.82, 2.24) is 15.5 Å². The zero-order valence-corrected chi connectivity index (χ0v) is 10.3. The van der Waals surface area contributed by atoms with E-state index in [0.29, 0.717) is 5.75 Å². The van der Waals surface area contributed by atoms with E-state index >= 15 is 0 Å². The van der Waals surface area contributed by atoms with Crippen LogP contribution in [-0.4, -0.2) is 35.3 Å². The average Bonchev–Trinajstić information content (AvgIpc) is 2.67. The van der Waals surface area contributed by atoms with Crippen LogP contribution in [0.2, 0.25) is 0 Å². The van der Waals surface area contributed by atoms with Gasteiger partial charge in [-0.1, -0.05) is 34.9 Å². The summed E-state index contributed by atoms with van der Waals surface area (Å²) in [5.74, 6) is 0.704. The number of aromatic nitrogens is 2. The van der Waals surface area contributed by atoms with Gasteiger partial charge in [-0.2, -0.15) is 5.26 Å². The molecule has 0 spiro atoms. The second-order valence-electron chi connectivity index (χ2n) is 2.32. The van der Waals surface area contributed by atoms with Crippen molar-refractivity contribution in [2.75, 3.05) is 19.1 Å². The molecule has 0 fully saturated rings. The van der Waals surface area contributed by atoms with E-state index in [1.807, 2.05) is 6.26 Å². The quantitative estimate of drug-likeness (QED) is 0.794. The largest absolute Gasteiger partial charge is 0.304 e. The van der Waals surface area contributed by atoms with E-state index < -0.39 is 0 Å². The van der Waals surface area contributed by atoms with E-state index in [2.05, 4.69) is 21.6 Å². The predicted molar refractivity (Wildman–Crippen MR) is 60.9 cm³/mol. The molecule has 0 aliphatic heterocycles. The summed E-state index contributed by atoms with van der Waals surface area (Å²) in [6.45, 7) is 0. The highest BCUT2D eigenvalue weighted by molar-refractivity contribution is 8.03. The summed E-state index contributed by atoms with van der Waals surface area (Å²) in [6, 6.07) is 2.04. The van der Waals surface area contributed by atoms with Crippen LogP contribution in [0.4, 0.5) is 0 Å². The van der Waals surface area contributed by atoms with Crippen molar-refractivity contribution in [3.63, 3.8) is 0 Å². The summed E-state index contributed by atoms with van der Waals surface area (Å²) >= 11 is 4.71. The van der Waals surface area contributed by atoms with Crippen LogP contribution in [0.5, 0.6) is 0 Å². The maximum Gasteiger partial charge on any atom is 0.175 e. The predicted octanol–water partition coefficient (Wildman–Crippen LogP) is 1.46. The van der Waals surface area contributed by atoms with Crippen molar-refractivity contribution in [2.24, 2.45) is 0 Å². The zero-order valence-electron chi connectivity index (χ0n) is 7.85. The Hall–Kier alpha value is -0.290. The van der Waals surface area contributed by atoms with Gasteiger partial charge in [0.25, 0.3) is 0 Å². The van der Waals surface area contributed by atoms with Crippen molar-refractivity contribution in [3.8, 4) is 6.07 Å². The SMILES string of the molecule is CNC(C#N)CSc1nnc(SC)s1. The monoisotopic (exact) mass is 246 g/mol. The molecular formula is C7H10N4S3. The molecule has 1 aromatic heterocycles. The molecule has 0 saturated carbocycles. The van der Waals surface area contributed by atoms with Crippen molar-refractivity contribution in [2.45, 2.75) is 14.7 Å². The molecule has 14 heavy (non-hydrogen) atoms. The second kappa shape index (κ2) is 6.24. The number of hydrogen-bond acceptors (Lipinski definition) is 7. The Morgan fingerprint density at radius 3 is 2.79 bits per heavy atom. The fourth-order valence-electron chi connectivity index (χ4n) is 0.678. The Bertz CT molecular complexity index is 319. The van der Waals surface area contributed by atoms with Crippen LogP contribution in [0.1, 0.15) is 0 Å². The van der Waals surface area contributed by atoms with Crippen LogP contribution in [0.3, 0.4) is 0 Å². The third-order valence-corrected chi connectivity index (χ3v) is 4.57. The number of thioether (sulfide) groups is 2. The molecule has 1 atom stereocenters. The summed E-state index contributed by atoms with van der Waals surface area (Å²) < 4.78 is 1.88. The Morgan fingerprint density at radius 2 is 2.29 bits per heavy atom. The molecule has 1 unspecified atom stereocenters. The van der Waals surface area contributed by atoms with Gasteiger partial charge in [0.15, 0.2) is 8.68 Å². The Balaban J connectivity index is 2.41. The summed E-state index contributed by atoms with van der Waals surface area (Å²) in [6.07, 6.45) is 1.97. The maximum atomic E-state index is 8.69. The molecule has 76 valence electrons. The van der Waals surface area contributed by atoms with Gasteiger partial charge in [-0.25, -0.2) is 0 Å². The first-order chi connectivity index (χ1) is 6.80. The first kappa shape index (κ1) is 11.8. The minimum absolute atomic E-state index is 0.123. The van der Waals surface area contributed by atoms with Crippen LogP contribution in [0, 0.1) is 11.3 Å². The summed E-state index contributed by atoms with van der Waals surface area (Å²) in [4.78, 5) is 0. The van der Waals surface area contributed by atoms with Gasteiger partial charge in [-0.05, 0) is 13.3 Å². The van der Waals surface area contributed by atoms with E-state index in [9.17, 15) is 0 Å². The van der Waals surface area contributed by atoms with E-state index in [4.69, 9.17) is 5.26 Å². The van der Waals surface area contributed by atoms with Gasteiger partial charge in [-0.15, -0.1) is 10.2 Å². The van der Waals surface area contributed by atoms with Crippen molar-refractivity contribution in [3.05, 3.63) is 0 Å². The zero-order chi connectivity index (χ0) is 10.4. The molecule has 1 rings (SSSR count). The topological polar surface area (TPSA) is 61.6 Å². The van der Waals surface area contributed by atoms with Crippen LogP contribution >= 0.6 is 34.9 Å². The molecule has 1 N–H and O–H groups in total. The molecule has 7 heteroatoms. The van der Waals surface area contributed by atoms with E-state index in [1.54, 1.807) is 41.9 Å². The van der Waals surface area contributed by atoms with E-state index in [-0.39, 0.29) is 6.04 Å². The molecule has 1 heterocycles. The standard InChI is InChI=1S/C7H10N4S3/c1-9-5(3-8)4-13-7-11-10-6(12-2)14-7/h5,9H,4H2,1-2H3. The van der Waals surface area contributed by atoms with Gasteiger partial charge in [0, 0.05) is 5.75 Å². The van der Waals surface area contributed by atoms with Crippen molar-refractivity contribution >= 4 is 34.9 Å². The Labute approximate surface area is 95.5 Å². The first-order valence-corrected chi connectivity index (χ1v) is 6.90. The summed E-state index contributed by atoms with van der Waals surface area (Å²) in [5.41, 5.74) is 0. The lowest BCUT2D eigenvalue weighted by molar-refractivity contribution is 0.749. The number of nitrogens with one attached hydrogen (secondary N) is 1. The van der Waals surface area contributed by atoms with Crippen LogP contribution < -0.4 is 5.32 Å². The molecule has 0 aromatic carbocycles. The smallest absolute Gasteiger partial charge is 0.175 e. The van der Waals surface area contributed by atoms with Gasteiger partial charge in [0.2, 0.25) is 0 Å². The molecule has 1 aromatic rings. The van der Waals surface area contributed by atoms with Gasteiger partial charge >= 0.3 is 0 Å². The van der Waals surface area contributed by atoms with Gasteiger partial charge in [0.1, 0.15) is 6.04 Å². The van der Waals surface area contributed by atoms with Gasteiger partial charge < -0.3 is 5.32 Å². The van der Waals surface area contributed by atoms with Crippen molar-refractivity contribution < 1.29 is 0 Å². The molecule has 0 bridgehead atoms. The second-order valence-corrected chi connectivity index (χ2v) is 5.62. The minimum atomic E-state index is -0.123. The third-order valence-electron chi connectivity index (χ3n) is 1.44. The maximum absolute atomic E-state index is 8.69. The molecule has 0 radical (unpaired) electrons. The average molecular weight is 246 g/mol. The van der Waals surface area contributed by atoms with Crippen LogP contribution in [-0.2, 0) is 0 Å². The Morgan fingerprint density at radius 1 is 1.57 bits per heavy atom. The Kier molecular flexibility index (Phi) is 5.25. The normalized spacial score (nSPS) is 12.4. The van der Waals surface area contributed by atoms with E-state index in [0.717, 1.165) is 8.68 Å². The molecule has 0 aliphatic carbocycles. The van der Waals surface area contributed by atoms with Gasteiger partial charge in [-0.3, -0.25) is 0 Å². The van der Waals surface area contributed by atoms with Crippen LogP contribution in [0.25, 0.3) is 0 Å². The van der Waals surface area contributed by atoms with Crippen LogP contribution in [0.15, 0.2) is 8.68 Å². The first-order valence-electron chi connectivity index (χ1n) is 3.87. The highest BCUT2D eigenvalue weighted by Crippen LogP contribution is 2.27. The molecule has 0 amide bonds. The van der Waals surface area contributed by atoms with Gasteiger partial charge in [0.05, 0.1) is 6.07 Å². The molecule has 0 aliphatic rings. The number of hydrogen-bond donors (Lipinski definition) is 1. The lowest BCUT2D eigenvalue weighted by Gasteiger charge is -2.03. The molecular weight excluding hydrogens is 236 g/mol. The molecule has 0 saturated heterocycles. The summed E-state index contributed by atoms with van der Waals surface area (Å²) in [7, 11) is 1.78. The molecule has 4 nitrogen and oxygen atoms in total. The number of nitrogens with zero attached hydrogens (tertiary/aromatic N) is 3. The van der Waals surface area contributed by atoms with Crippen molar-refractivity contribution in [1.29, 1.82) is 5.26 Å². The third kappa shape index (κ3) is 3.46. The highest BCUT2D eigenvalue weighted by atomic mass is 32.2. The fourth-order valence-corrected chi connectivity index (χ4v) is 3.17. The lowest BCUT2D eigenvalue weighted by Crippen LogP contribution is -2.25. The fraction of sp³-hybridized carbons (Fsp3) is 0.571. The number of nitriles is 1. The minimum Gasteiger partial charge on any atom is -0.304 e.